The first-order chi connectivity index (χ1) is 15.1. The van der Waals surface area contributed by atoms with Crippen LogP contribution in [0.15, 0.2) is 83.3 Å². The number of carbonyl (C=O) groups is 2. The lowest BCUT2D eigenvalue weighted by Gasteiger charge is -2.28. The zero-order valence-corrected chi connectivity index (χ0v) is 18.2. The monoisotopic (exact) mass is 478 g/mol. The van der Waals surface area contributed by atoms with Crippen LogP contribution in [0.2, 0.25) is 0 Å². The van der Waals surface area contributed by atoms with E-state index in [1.54, 1.807) is 24.3 Å². The summed E-state index contributed by atoms with van der Waals surface area (Å²) in [6.07, 6.45) is -0.886. The molecular weight excluding hydrogens is 460 g/mol. The summed E-state index contributed by atoms with van der Waals surface area (Å²) in [5.74, 6) is -0.551. The number of hydroxylamine groups is 1. The van der Waals surface area contributed by atoms with Crippen molar-refractivity contribution >= 4 is 39.1 Å². The van der Waals surface area contributed by atoms with Crippen LogP contribution >= 0.6 is 15.9 Å². The molecule has 2 aliphatic rings. The van der Waals surface area contributed by atoms with E-state index in [0.717, 1.165) is 15.7 Å². The third-order valence-electron chi connectivity index (χ3n) is 5.67. The van der Waals surface area contributed by atoms with Crippen LogP contribution in [-0.4, -0.2) is 25.0 Å². The number of ether oxygens (including phenoxy) is 1. The Labute approximate surface area is 188 Å². The van der Waals surface area contributed by atoms with Crippen LogP contribution in [0.1, 0.15) is 11.6 Å². The Kier molecular flexibility index (Phi) is 5.00. The number of anilines is 2. The number of methoxy groups -OCH3 is 1. The van der Waals surface area contributed by atoms with Gasteiger partial charge in [0.15, 0.2) is 6.10 Å². The first kappa shape index (κ1) is 19.8. The van der Waals surface area contributed by atoms with E-state index in [9.17, 15) is 9.59 Å². The normalized spacial score (nSPS) is 22.7. The smallest absolute Gasteiger partial charge is 0.266 e. The molecule has 7 heteroatoms. The molecule has 5 rings (SSSR count). The second-order valence-electron chi connectivity index (χ2n) is 7.42. The van der Waals surface area contributed by atoms with Crippen molar-refractivity contribution in [2.45, 2.75) is 12.1 Å². The Hall–Kier alpha value is -3.16. The molecule has 2 saturated heterocycles. The highest BCUT2D eigenvalue weighted by Gasteiger charge is 2.60. The van der Waals surface area contributed by atoms with E-state index in [2.05, 4.69) is 15.9 Å². The van der Waals surface area contributed by atoms with Gasteiger partial charge in [-0.25, -0.2) is 9.96 Å². The average molecular weight is 479 g/mol. The van der Waals surface area contributed by atoms with E-state index < -0.39 is 18.1 Å². The van der Waals surface area contributed by atoms with E-state index in [1.165, 1.54) is 4.90 Å². The van der Waals surface area contributed by atoms with Crippen LogP contribution in [0.25, 0.3) is 0 Å². The molecule has 3 atom stereocenters. The summed E-state index contributed by atoms with van der Waals surface area (Å²) < 4.78 is 6.12. The largest absolute Gasteiger partial charge is 0.497 e. The van der Waals surface area contributed by atoms with Gasteiger partial charge in [-0.3, -0.25) is 14.4 Å². The maximum atomic E-state index is 13.5. The van der Waals surface area contributed by atoms with E-state index in [1.807, 2.05) is 66.7 Å². The fourth-order valence-electron chi connectivity index (χ4n) is 4.20. The second kappa shape index (κ2) is 7.83. The molecule has 3 aromatic carbocycles. The van der Waals surface area contributed by atoms with Crippen LogP contribution in [0, 0.1) is 5.92 Å². The molecule has 31 heavy (non-hydrogen) atoms. The molecule has 2 heterocycles. The number of imide groups is 1. The standard InChI is InChI=1S/C24H19BrN2O4/c1-30-19-13-11-18(12-14-19)27-21(15-5-3-2-4-6-15)20-22(31-27)24(29)26(23(20)28)17-9-7-16(25)8-10-17/h2-14,20-22H,1H3/t20-,21-,22-/m1/s1. The second-order valence-corrected chi connectivity index (χ2v) is 8.34. The van der Waals surface area contributed by atoms with Crippen LogP contribution in [0.4, 0.5) is 11.4 Å². The maximum Gasteiger partial charge on any atom is 0.266 e. The van der Waals surface area contributed by atoms with Crippen molar-refractivity contribution in [1.82, 2.24) is 0 Å². The lowest BCUT2D eigenvalue weighted by Crippen LogP contribution is -2.37. The Morgan fingerprint density at radius 2 is 1.48 bits per heavy atom. The van der Waals surface area contributed by atoms with Gasteiger partial charge in [0.1, 0.15) is 11.7 Å². The molecule has 0 N–H and O–H groups in total. The van der Waals surface area contributed by atoms with Crippen LogP contribution in [0.5, 0.6) is 5.75 Å². The molecule has 2 aliphatic heterocycles. The van der Waals surface area contributed by atoms with E-state index in [4.69, 9.17) is 9.57 Å². The van der Waals surface area contributed by atoms with Gasteiger partial charge in [-0.15, -0.1) is 0 Å². The molecule has 156 valence electrons. The van der Waals surface area contributed by atoms with Gasteiger partial charge in [-0.05, 0) is 54.1 Å². The summed E-state index contributed by atoms with van der Waals surface area (Å²) in [6.45, 7) is 0. The molecule has 0 saturated carbocycles. The summed E-state index contributed by atoms with van der Waals surface area (Å²) in [7, 11) is 1.60. The molecule has 0 unspecified atom stereocenters. The van der Waals surface area contributed by atoms with Gasteiger partial charge in [0.25, 0.3) is 5.91 Å². The molecule has 0 aliphatic carbocycles. The van der Waals surface area contributed by atoms with Crippen molar-refractivity contribution in [3.05, 3.63) is 88.9 Å². The van der Waals surface area contributed by atoms with Gasteiger partial charge in [0, 0.05) is 4.47 Å². The number of fused-ring (bicyclic) bond motifs is 1. The van der Waals surface area contributed by atoms with E-state index in [0.29, 0.717) is 11.4 Å². The molecular formula is C24H19BrN2O4. The molecule has 2 fully saturated rings. The van der Waals surface area contributed by atoms with Crippen molar-refractivity contribution in [2.24, 2.45) is 5.92 Å². The number of rotatable bonds is 4. The zero-order chi connectivity index (χ0) is 21.5. The highest BCUT2D eigenvalue weighted by Crippen LogP contribution is 2.47. The third kappa shape index (κ3) is 3.30. The molecule has 0 aromatic heterocycles. The van der Waals surface area contributed by atoms with Crippen molar-refractivity contribution in [2.75, 3.05) is 17.1 Å². The van der Waals surface area contributed by atoms with Gasteiger partial charge >= 0.3 is 0 Å². The number of hydrogen-bond donors (Lipinski definition) is 0. The number of halogens is 1. The lowest BCUT2D eigenvalue weighted by molar-refractivity contribution is -0.126. The minimum Gasteiger partial charge on any atom is -0.497 e. The van der Waals surface area contributed by atoms with Gasteiger partial charge < -0.3 is 4.74 Å². The van der Waals surface area contributed by atoms with Gasteiger partial charge in [-0.2, -0.15) is 0 Å². The first-order valence-corrected chi connectivity index (χ1v) is 10.7. The zero-order valence-electron chi connectivity index (χ0n) is 16.6. The van der Waals surface area contributed by atoms with Gasteiger partial charge in [-0.1, -0.05) is 46.3 Å². The minimum atomic E-state index is -0.886. The molecule has 3 aromatic rings. The SMILES string of the molecule is COc1ccc(N2O[C@H]3C(=O)N(c4ccc(Br)cc4)C(=O)[C@@H]3[C@H]2c2ccccc2)cc1. The topological polar surface area (TPSA) is 59.1 Å². The third-order valence-corrected chi connectivity index (χ3v) is 6.20. The summed E-state index contributed by atoms with van der Waals surface area (Å²) in [6, 6.07) is 23.7. The van der Waals surface area contributed by atoms with Crippen LogP contribution in [-0.2, 0) is 14.4 Å². The van der Waals surface area contributed by atoms with E-state index >= 15 is 0 Å². The highest BCUT2D eigenvalue weighted by molar-refractivity contribution is 9.10. The number of carbonyl (C=O) groups excluding carboxylic acids is 2. The van der Waals surface area contributed by atoms with E-state index in [-0.39, 0.29) is 11.8 Å². The average Bonchev–Trinajstić information content (AvgIpc) is 3.31. The van der Waals surface area contributed by atoms with Crippen molar-refractivity contribution in [3.8, 4) is 5.75 Å². The number of benzene rings is 3. The molecule has 6 nitrogen and oxygen atoms in total. The fourth-order valence-corrected chi connectivity index (χ4v) is 4.47. The number of hydrogen-bond acceptors (Lipinski definition) is 5. The Bertz CT molecular complexity index is 1120. The predicted molar refractivity (Wildman–Crippen MR) is 120 cm³/mol. The molecule has 0 spiro atoms. The van der Waals surface area contributed by atoms with Crippen LogP contribution in [0.3, 0.4) is 0 Å². The van der Waals surface area contributed by atoms with Crippen LogP contribution < -0.4 is 14.7 Å². The lowest BCUT2D eigenvalue weighted by atomic mass is 9.90. The highest BCUT2D eigenvalue weighted by atomic mass is 79.9. The Balaban J connectivity index is 1.55. The molecule has 0 bridgehead atoms. The summed E-state index contributed by atoms with van der Waals surface area (Å²) in [4.78, 5) is 34.1. The van der Waals surface area contributed by atoms with Crippen molar-refractivity contribution in [1.29, 1.82) is 0 Å². The molecule has 2 amide bonds. The quantitative estimate of drug-likeness (QED) is 0.516. The Morgan fingerprint density at radius 1 is 0.839 bits per heavy atom. The first-order valence-electron chi connectivity index (χ1n) is 9.87. The van der Waals surface area contributed by atoms with Gasteiger partial charge in [0.2, 0.25) is 5.91 Å². The summed E-state index contributed by atoms with van der Waals surface area (Å²) in [5.41, 5.74) is 2.20. The van der Waals surface area contributed by atoms with Crippen molar-refractivity contribution in [3.63, 3.8) is 0 Å². The van der Waals surface area contributed by atoms with Crippen molar-refractivity contribution < 1.29 is 19.2 Å². The predicted octanol–water partition coefficient (Wildman–Crippen LogP) is 4.51. The minimum absolute atomic E-state index is 0.262. The number of nitrogens with zero attached hydrogens (tertiary/aromatic N) is 2. The molecule has 0 radical (unpaired) electrons. The Morgan fingerprint density at radius 3 is 2.13 bits per heavy atom. The summed E-state index contributed by atoms with van der Waals surface area (Å²) in [5, 5.41) is 1.68. The fraction of sp³-hybridized carbons (Fsp3) is 0.167. The summed E-state index contributed by atoms with van der Waals surface area (Å²) >= 11 is 3.39. The maximum absolute atomic E-state index is 13.5. The number of amides is 2. The van der Waals surface area contributed by atoms with Gasteiger partial charge in [0.05, 0.1) is 24.5 Å².